The van der Waals surface area contributed by atoms with Crippen LogP contribution >= 0.6 is 0 Å². The number of aromatic hydroxyl groups is 1. The van der Waals surface area contributed by atoms with E-state index in [9.17, 15) is 19.5 Å². The maximum Gasteiger partial charge on any atom is 0.342 e. The molecule has 0 fully saturated rings. The van der Waals surface area contributed by atoms with Crippen LogP contribution in [0, 0.1) is 0 Å². The van der Waals surface area contributed by atoms with Gasteiger partial charge >= 0.3 is 11.9 Å². The fourth-order valence-corrected chi connectivity index (χ4v) is 5.30. The molecule has 39 heavy (non-hydrogen) atoms. The van der Waals surface area contributed by atoms with Gasteiger partial charge in [0, 0.05) is 24.3 Å². The van der Waals surface area contributed by atoms with E-state index in [0.717, 1.165) is 0 Å². The smallest absolute Gasteiger partial charge is 0.342 e. The number of cyclic esters (lactones) is 1. The predicted molar refractivity (Wildman–Crippen MR) is 141 cm³/mol. The summed E-state index contributed by atoms with van der Waals surface area (Å²) in [6.45, 7) is 2.52. The Morgan fingerprint density at radius 1 is 1.00 bits per heavy atom. The van der Waals surface area contributed by atoms with Crippen molar-refractivity contribution in [2.75, 3.05) is 20.3 Å². The van der Waals surface area contributed by atoms with Crippen molar-refractivity contribution in [1.82, 2.24) is 0 Å². The van der Waals surface area contributed by atoms with Gasteiger partial charge in [-0.15, -0.1) is 0 Å². The number of methoxy groups -OCH3 is 1. The highest BCUT2D eigenvalue weighted by atomic mass is 16.6. The van der Waals surface area contributed by atoms with Crippen LogP contribution in [-0.4, -0.2) is 49.3 Å². The average molecular weight is 537 g/mol. The topological polar surface area (TPSA) is 118 Å². The Kier molecular flexibility index (Phi) is 7.77. The number of carbonyl (C=O) groups excluding carboxylic acids is 3. The lowest BCUT2D eigenvalue weighted by molar-refractivity contribution is -0.135. The molecule has 2 aromatic carbocycles. The highest BCUT2D eigenvalue weighted by Crippen LogP contribution is 2.50. The molecule has 3 aliphatic rings. The third kappa shape index (κ3) is 5.57. The van der Waals surface area contributed by atoms with Crippen molar-refractivity contribution in [3.63, 3.8) is 0 Å². The number of carbonyl (C=O) groups is 3. The molecule has 0 unspecified atom stereocenters. The number of esters is 2. The molecule has 2 atom stereocenters. The maximum atomic E-state index is 13.4. The fourth-order valence-electron chi connectivity index (χ4n) is 5.30. The maximum absolute atomic E-state index is 13.4. The predicted octanol–water partition coefficient (Wildman–Crippen LogP) is 5.09. The van der Waals surface area contributed by atoms with E-state index in [-0.39, 0.29) is 29.3 Å². The molecule has 0 amide bonds. The van der Waals surface area contributed by atoms with Crippen LogP contribution in [0.1, 0.15) is 84.8 Å². The minimum absolute atomic E-state index is 0.0115. The molecule has 0 radical (unpaired) electrons. The zero-order valence-electron chi connectivity index (χ0n) is 22.1. The van der Waals surface area contributed by atoms with Gasteiger partial charge in [-0.2, -0.15) is 0 Å². The van der Waals surface area contributed by atoms with Gasteiger partial charge in [0.25, 0.3) is 0 Å². The highest BCUT2D eigenvalue weighted by Gasteiger charge is 2.36. The number of ketones is 1. The molecule has 0 saturated carbocycles. The van der Waals surface area contributed by atoms with Crippen molar-refractivity contribution in [3.8, 4) is 28.7 Å². The van der Waals surface area contributed by atoms with Gasteiger partial charge in [0.1, 0.15) is 36.1 Å². The second-order valence-corrected chi connectivity index (χ2v) is 10.0. The number of Topliss-reactive ketones (excluding diaryl/α,β-unsaturated/α-hetero) is 1. The van der Waals surface area contributed by atoms with Gasteiger partial charge in [-0.1, -0.05) is 12.2 Å². The van der Waals surface area contributed by atoms with Crippen molar-refractivity contribution >= 4 is 23.8 Å². The van der Waals surface area contributed by atoms with Crippen LogP contribution in [0.5, 0.6) is 28.7 Å². The second kappa shape index (κ2) is 11.4. The Bertz CT molecular complexity index is 1310. The molecular formula is C30H32O9. The molecule has 2 aromatic rings. The molecular weight excluding hydrogens is 504 g/mol. The largest absolute Gasteiger partial charge is 0.507 e. The summed E-state index contributed by atoms with van der Waals surface area (Å²) in [5.74, 6) is -0.324. The van der Waals surface area contributed by atoms with Gasteiger partial charge in [0.2, 0.25) is 5.75 Å². The molecule has 3 heterocycles. The van der Waals surface area contributed by atoms with Crippen molar-refractivity contribution < 1.29 is 43.2 Å². The van der Waals surface area contributed by atoms with E-state index in [2.05, 4.69) is 0 Å². The van der Waals surface area contributed by atoms with Gasteiger partial charge in [-0.3, -0.25) is 9.59 Å². The lowest BCUT2D eigenvalue weighted by atomic mass is 9.83. The zero-order valence-corrected chi connectivity index (χ0v) is 22.1. The molecule has 9 heteroatoms. The van der Waals surface area contributed by atoms with Crippen LogP contribution in [0.4, 0.5) is 0 Å². The van der Waals surface area contributed by atoms with Crippen LogP contribution < -0.4 is 18.9 Å². The molecule has 9 nitrogen and oxygen atoms in total. The number of benzene rings is 2. The highest BCUT2D eigenvalue weighted by molar-refractivity contribution is 5.98. The number of hydrogen-bond donors (Lipinski definition) is 1. The summed E-state index contributed by atoms with van der Waals surface area (Å²) >= 11 is 0. The Balaban J connectivity index is 1.61. The van der Waals surface area contributed by atoms with Gasteiger partial charge < -0.3 is 28.8 Å². The van der Waals surface area contributed by atoms with E-state index in [4.69, 9.17) is 23.7 Å². The lowest BCUT2D eigenvalue weighted by Gasteiger charge is -2.29. The first-order chi connectivity index (χ1) is 18.9. The third-order valence-electron chi connectivity index (χ3n) is 7.23. The summed E-state index contributed by atoms with van der Waals surface area (Å²) in [5, 5.41) is 11.6. The molecule has 5 rings (SSSR count). The van der Waals surface area contributed by atoms with Gasteiger partial charge in [-0.05, 0) is 61.9 Å². The van der Waals surface area contributed by atoms with Crippen molar-refractivity contribution in [1.29, 1.82) is 0 Å². The Morgan fingerprint density at radius 3 is 2.62 bits per heavy atom. The van der Waals surface area contributed by atoms with E-state index in [1.165, 1.54) is 7.11 Å². The van der Waals surface area contributed by atoms with Crippen LogP contribution in [0.25, 0.3) is 6.08 Å². The van der Waals surface area contributed by atoms with Crippen molar-refractivity contribution in [2.45, 2.75) is 63.9 Å². The molecule has 0 saturated heterocycles. The molecule has 0 bridgehead atoms. The van der Waals surface area contributed by atoms with E-state index in [0.29, 0.717) is 85.7 Å². The normalized spacial score (nSPS) is 21.6. The zero-order chi connectivity index (χ0) is 27.5. The summed E-state index contributed by atoms with van der Waals surface area (Å²) in [4.78, 5) is 38.2. The molecule has 0 aliphatic carbocycles. The lowest BCUT2D eigenvalue weighted by Crippen LogP contribution is -2.24. The second-order valence-electron chi connectivity index (χ2n) is 10.0. The van der Waals surface area contributed by atoms with Crippen LogP contribution in [0.15, 0.2) is 24.3 Å². The Hall–Kier alpha value is -4.01. The summed E-state index contributed by atoms with van der Waals surface area (Å²) in [7, 11) is 1.51. The minimum Gasteiger partial charge on any atom is -0.507 e. The van der Waals surface area contributed by atoms with Crippen molar-refractivity contribution in [2.24, 2.45) is 0 Å². The molecule has 0 spiro atoms. The summed E-state index contributed by atoms with van der Waals surface area (Å²) in [5.41, 5.74) is 1.35. The number of rotatable bonds is 2. The molecule has 1 N–H and O–H groups in total. The number of phenols is 1. The Labute approximate surface area is 226 Å². The first kappa shape index (κ1) is 26.6. The van der Waals surface area contributed by atoms with Gasteiger partial charge in [0.15, 0.2) is 11.5 Å². The fraction of sp³-hybridized carbons (Fsp3) is 0.433. The third-order valence-corrected chi connectivity index (χ3v) is 7.23. The number of fused-ring (bicyclic) bond motifs is 3. The molecule has 0 aromatic heterocycles. The molecule has 206 valence electrons. The van der Waals surface area contributed by atoms with Crippen LogP contribution in [0.2, 0.25) is 0 Å². The van der Waals surface area contributed by atoms with Crippen LogP contribution in [-0.2, 0) is 14.3 Å². The summed E-state index contributed by atoms with van der Waals surface area (Å²) < 4.78 is 28.3. The number of allylic oxidation sites excluding steroid dienone is 1. The van der Waals surface area contributed by atoms with E-state index < -0.39 is 24.0 Å². The average Bonchev–Trinajstić information content (AvgIpc) is 2.91. The van der Waals surface area contributed by atoms with E-state index in [1.807, 2.05) is 6.08 Å². The Morgan fingerprint density at radius 2 is 1.79 bits per heavy atom. The quantitative estimate of drug-likeness (QED) is 0.413. The minimum atomic E-state index is -0.679. The number of ether oxygens (including phenoxy) is 5. The van der Waals surface area contributed by atoms with E-state index in [1.54, 1.807) is 31.2 Å². The van der Waals surface area contributed by atoms with Gasteiger partial charge in [0.05, 0.1) is 19.6 Å². The molecule has 3 aliphatic heterocycles. The number of hydrogen-bond acceptors (Lipinski definition) is 9. The van der Waals surface area contributed by atoms with E-state index >= 15 is 0 Å². The van der Waals surface area contributed by atoms with Gasteiger partial charge in [-0.25, -0.2) is 4.79 Å². The summed E-state index contributed by atoms with van der Waals surface area (Å²) in [6, 6.07) is 5.09. The number of phenolic OH excluding ortho intramolecular Hbond substituents is 1. The SMILES string of the molecule is COc1cc([C@@H]2CC(=O)Oc3cc4c(c(O)c32)C(=O)O[C@@H](C)CCCC(=O)CCCC=C4)cc2c1OCCO2. The van der Waals surface area contributed by atoms with Crippen LogP contribution in [0.3, 0.4) is 0 Å². The monoisotopic (exact) mass is 536 g/mol. The summed E-state index contributed by atoms with van der Waals surface area (Å²) in [6.07, 6.45) is 6.43. The first-order valence-electron chi connectivity index (χ1n) is 13.3. The standard InChI is InChI=1S/C30H32O9/c1-17-7-6-10-20(31)9-5-3-4-8-18-13-22-27(28(33)26(18)30(34)38-17)21(16-25(32)39-22)19-14-23(35-2)29-24(15-19)36-11-12-37-29/h4,8,13-15,17,21,33H,3,5-7,9-12,16H2,1-2H3/t17-,21-/m0/s1. The van der Waals surface area contributed by atoms with Crippen molar-refractivity contribution in [3.05, 3.63) is 46.5 Å². The first-order valence-corrected chi connectivity index (χ1v) is 13.3.